The fraction of sp³-hybridized carbons (Fsp3) is 0.556. The predicted molar refractivity (Wildman–Crippen MR) is 53.4 cm³/mol. The van der Waals surface area contributed by atoms with E-state index in [1.807, 2.05) is 0 Å². The topological polar surface area (TPSA) is 70.1 Å². The number of rotatable bonds is 3. The summed E-state index contributed by atoms with van der Waals surface area (Å²) >= 11 is 0. The lowest BCUT2D eigenvalue weighted by atomic mass is 10.2. The van der Waals surface area contributed by atoms with Gasteiger partial charge < -0.3 is 10.5 Å². The second-order valence-electron chi connectivity index (χ2n) is 3.33. The highest BCUT2D eigenvalue weighted by Gasteiger charge is 2.31. The first kappa shape index (κ1) is 13.3. The molecule has 1 aromatic rings. The van der Waals surface area contributed by atoms with E-state index in [-0.39, 0.29) is 17.1 Å². The van der Waals surface area contributed by atoms with Crippen LogP contribution >= 0.6 is 0 Å². The third kappa shape index (κ3) is 2.89. The summed E-state index contributed by atoms with van der Waals surface area (Å²) in [6, 6.07) is 0. The molecule has 8 heteroatoms. The second kappa shape index (κ2) is 4.64. The van der Waals surface area contributed by atoms with E-state index in [1.54, 1.807) is 6.92 Å². The summed E-state index contributed by atoms with van der Waals surface area (Å²) in [4.78, 5) is 11.3. The quantitative estimate of drug-likeness (QED) is 0.824. The Bertz CT molecular complexity index is 426. The molecule has 96 valence electrons. The van der Waals surface area contributed by atoms with Crippen molar-refractivity contribution in [3.05, 3.63) is 11.3 Å². The van der Waals surface area contributed by atoms with Gasteiger partial charge in [-0.05, 0) is 6.42 Å². The first-order valence-electron chi connectivity index (χ1n) is 4.80. The minimum absolute atomic E-state index is 0.162. The Morgan fingerprint density at radius 2 is 2.12 bits per heavy atom. The number of hydrogen-bond acceptors (Lipinski definition) is 4. The average molecular weight is 251 g/mol. The first-order valence-corrected chi connectivity index (χ1v) is 4.80. The van der Waals surface area contributed by atoms with Gasteiger partial charge in [-0.15, -0.1) is 0 Å². The zero-order valence-corrected chi connectivity index (χ0v) is 9.34. The van der Waals surface area contributed by atoms with Crippen LogP contribution in [0.1, 0.15) is 23.0 Å². The Labute approximate surface area is 95.3 Å². The van der Waals surface area contributed by atoms with Crippen molar-refractivity contribution in [3.63, 3.8) is 0 Å². The molecule has 0 amide bonds. The highest BCUT2D eigenvalue weighted by molar-refractivity contribution is 5.90. The van der Waals surface area contributed by atoms with Gasteiger partial charge in [-0.2, -0.15) is 18.3 Å². The van der Waals surface area contributed by atoms with E-state index in [4.69, 9.17) is 5.73 Å². The van der Waals surface area contributed by atoms with Gasteiger partial charge in [0.05, 0.1) is 7.11 Å². The van der Waals surface area contributed by atoms with E-state index in [0.29, 0.717) is 11.1 Å². The van der Waals surface area contributed by atoms with E-state index in [1.165, 1.54) is 0 Å². The van der Waals surface area contributed by atoms with E-state index in [9.17, 15) is 18.0 Å². The van der Waals surface area contributed by atoms with Crippen LogP contribution < -0.4 is 5.73 Å². The van der Waals surface area contributed by atoms with Gasteiger partial charge >= 0.3 is 12.1 Å². The number of anilines is 1. The Morgan fingerprint density at radius 3 is 2.53 bits per heavy atom. The van der Waals surface area contributed by atoms with Crippen LogP contribution in [-0.2, 0) is 17.7 Å². The van der Waals surface area contributed by atoms with Crippen molar-refractivity contribution < 1.29 is 22.7 Å². The van der Waals surface area contributed by atoms with Gasteiger partial charge in [0.25, 0.3) is 0 Å². The summed E-state index contributed by atoms with van der Waals surface area (Å²) in [5, 5.41) is 3.53. The molecule has 0 aliphatic rings. The summed E-state index contributed by atoms with van der Waals surface area (Å²) in [6.45, 7) is 0.334. The molecule has 0 aliphatic carbocycles. The lowest BCUT2D eigenvalue weighted by Gasteiger charge is -2.07. The molecule has 1 rings (SSSR count). The molecule has 0 radical (unpaired) electrons. The van der Waals surface area contributed by atoms with Crippen molar-refractivity contribution in [1.29, 1.82) is 0 Å². The molecule has 1 heterocycles. The minimum atomic E-state index is -4.45. The Balaban J connectivity index is 3.18. The maximum absolute atomic E-state index is 12.2. The molecule has 0 fully saturated rings. The van der Waals surface area contributed by atoms with Gasteiger partial charge in [0.2, 0.25) is 0 Å². The Kier molecular flexibility index (Phi) is 3.64. The molecule has 0 spiro atoms. The molecule has 1 aromatic heterocycles. The molecule has 0 aromatic carbocycles. The van der Waals surface area contributed by atoms with Crippen molar-refractivity contribution in [1.82, 2.24) is 9.78 Å². The summed E-state index contributed by atoms with van der Waals surface area (Å²) in [5.74, 6) is -0.959. The smallest absolute Gasteiger partial charge is 0.408 e. The Morgan fingerprint density at radius 1 is 1.53 bits per heavy atom. The van der Waals surface area contributed by atoms with Crippen molar-refractivity contribution in [2.24, 2.45) is 0 Å². The van der Waals surface area contributed by atoms with E-state index < -0.39 is 18.7 Å². The van der Waals surface area contributed by atoms with Crippen LogP contribution in [0.25, 0.3) is 0 Å². The average Bonchev–Trinajstić information content (AvgIpc) is 2.52. The molecule has 0 atom stereocenters. The summed E-state index contributed by atoms with van der Waals surface area (Å²) < 4.78 is 41.6. The fourth-order valence-corrected chi connectivity index (χ4v) is 1.41. The zero-order chi connectivity index (χ0) is 13.2. The van der Waals surface area contributed by atoms with Gasteiger partial charge in [-0.25, -0.2) is 9.48 Å². The molecule has 17 heavy (non-hydrogen) atoms. The molecule has 0 aliphatic heterocycles. The van der Waals surface area contributed by atoms with E-state index in [2.05, 4.69) is 9.84 Å². The van der Waals surface area contributed by atoms with Gasteiger partial charge in [-0.3, -0.25) is 0 Å². The predicted octanol–water partition coefficient (Wildman–Crippen LogP) is 1.38. The zero-order valence-electron chi connectivity index (χ0n) is 9.34. The number of nitrogens with zero attached hydrogens (tertiary/aromatic N) is 2. The molecule has 0 unspecified atom stereocenters. The second-order valence-corrected chi connectivity index (χ2v) is 3.33. The molecule has 0 saturated heterocycles. The molecule has 0 bridgehead atoms. The summed E-state index contributed by atoms with van der Waals surface area (Å²) in [6.07, 6.45) is -4.15. The van der Waals surface area contributed by atoms with E-state index >= 15 is 0 Å². The van der Waals surface area contributed by atoms with Crippen LogP contribution in [-0.4, -0.2) is 29.0 Å². The van der Waals surface area contributed by atoms with Gasteiger partial charge in [0.15, 0.2) is 5.69 Å². The number of carbonyl (C=O) groups is 1. The standard InChI is InChI=1S/C9H12F3N3O2/c1-3-5-6(8(16)17-2)14-15(7(5)13)4-9(10,11)12/h3-4,13H2,1-2H3. The molecular weight excluding hydrogens is 239 g/mol. The molecular formula is C9H12F3N3O2. The molecule has 0 saturated carbocycles. The SMILES string of the molecule is CCc1c(C(=O)OC)nn(CC(F)(F)F)c1N. The number of ether oxygens (including phenoxy) is 1. The van der Waals surface area contributed by atoms with Crippen molar-refractivity contribution >= 4 is 11.8 Å². The first-order chi connectivity index (χ1) is 7.80. The lowest BCUT2D eigenvalue weighted by Crippen LogP contribution is -2.20. The van der Waals surface area contributed by atoms with Crippen LogP contribution in [0.3, 0.4) is 0 Å². The van der Waals surface area contributed by atoms with Gasteiger partial charge in [0.1, 0.15) is 12.4 Å². The maximum atomic E-state index is 12.2. The van der Waals surface area contributed by atoms with Crippen LogP contribution in [0, 0.1) is 0 Å². The third-order valence-corrected chi connectivity index (χ3v) is 2.16. The third-order valence-electron chi connectivity index (χ3n) is 2.16. The van der Waals surface area contributed by atoms with Crippen LogP contribution in [0.2, 0.25) is 0 Å². The largest absolute Gasteiger partial charge is 0.464 e. The number of esters is 1. The van der Waals surface area contributed by atoms with Gasteiger partial charge in [0, 0.05) is 5.56 Å². The van der Waals surface area contributed by atoms with E-state index in [0.717, 1.165) is 7.11 Å². The molecule has 2 N–H and O–H groups in total. The summed E-state index contributed by atoms with van der Waals surface area (Å²) in [5.41, 5.74) is 5.60. The lowest BCUT2D eigenvalue weighted by molar-refractivity contribution is -0.142. The number of carbonyl (C=O) groups excluding carboxylic acids is 1. The highest BCUT2D eigenvalue weighted by Crippen LogP contribution is 2.23. The maximum Gasteiger partial charge on any atom is 0.408 e. The number of methoxy groups -OCH3 is 1. The van der Waals surface area contributed by atoms with Crippen LogP contribution in [0.15, 0.2) is 0 Å². The van der Waals surface area contributed by atoms with Crippen molar-refractivity contribution in [3.8, 4) is 0 Å². The number of aromatic nitrogens is 2. The van der Waals surface area contributed by atoms with Crippen molar-refractivity contribution in [2.75, 3.05) is 12.8 Å². The normalized spacial score (nSPS) is 11.6. The fourth-order valence-electron chi connectivity index (χ4n) is 1.41. The van der Waals surface area contributed by atoms with Crippen molar-refractivity contribution in [2.45, 2.75) is 26.1 Å². The number of nitrogen functional groups attached to an aromatic ring is 1. The highest BCUT2D eigenvalue weighted by atomic mass is 19.4. The van der Waals surface area contributed by atoms with Gasteiger partial charge in [-0.1, -0.05) is 6.92 Å². The number of hydrogen-bond donors (Lipinski definition) is 1. The minimum Gasteiger partial charge on any atom is -0.464 e. The molecule has 5 nitrogen and oxygen atoms in total. The summed E-state index contributed by atoms with van der Waals surface area (Å²) in [7, 11) is 1.13. The van der Waals surface area contributed by atoms with Crippen LogP contribution in [0.5, 0.6) is 0 Å². The Hall–Kier alpha value is -1.73. The van der Waals surface area contributed by atoms with Crippen LogP contribution in [0.4, 0.5) is 19.0 Å². The monoisotopic (exact) mass is 251 g/mol. The number of alkyl halides is 3. The number of nitrogens with two attached hydrogens (primary N) is 1. The number of halogens is 3.